The van der Waals surface area contributed by atoms with Crippen molar-refractivity contribution in [3.8, 4) is 0 Å². The number of amides is 1. The normalized spacial score (nSPS) is 15.1. The van der Waals surface area contributed by atoms with Gasteiger partial charge in [-0.15, -0.1) is 0 Å². The maximum atomic E-state index is 12.2. The van der Waals surface area contributed by atoms with Crippen molar-refractivity contribution in [2.24, 2.45) is 0 Å². The van der Waals surface area contributed by atoms with Crippen LogP contribution in [0.3, 0.4) is 0 Å². The van der Waals surface area contributed by atoms with Crippen LogP contribution in [-0.2, 0) is 0 Å². The molecular weight excluding hydrogens is 268 g/mol. The van der Waals surface area contributed by atoms with Gasteiger partial charge in [0.25, 0.3) is 11.6 Å². The minimum atomic E-state index is -0.584. The fourth-order valence-corrected chi connectivity index (χ4v) is 2.11. The average molecular weight is 281 g/mol. The molecule has 0 fully saturated rings. The molecule has 0 bridgehead atoms. The molecule has 0 radical (unpaired) electrons. The van der Waals surface area contributed by atoms with Gasteiger partial charge < -0.3 is 4.90 Å². The number of hydrogen-bond donors (Lipinski definition) is 0. The highest BCUT2D eigenvalue weighted by atomic mass is 35.5. The van der Waals surface area contributed by atoms with Gasteiger partial charge in [0.2, 0.25) is 0 Å². The molecule has 1 aliphatic rings. The molecule has 0 aromatic heterocycles. The molecular formula is C13H13ClN2O3. The van der Waals surface area contributed by atoms with Gasteiger partial charge in [0.1, 0.15) is 5.02 Å². The number of carbonyl (C=O) groups excluding carboxylic acids is 1. The lowest BCUT2D eigenvalue weighted by Crippen LogP contribution is -2.34. The molecule has 1 aromatic rings. The molecule has 1 amide bonds. The Morgan fingerprint density at radius 3 is 2.79 bits per heavy atom. The van der Waals surface area contributed by atoms with E-state index in [1.54, 1.807) is 4.90 Å². The number of nitro benzene ring substituents is 1. The number of halogens is 1. The zero-order valence-corrected chi connectivity index (χ0v) is 11.2. The summed E-state index contributed by atoms with van der Waals surface area (Å²) in [5, 5.41) is 10.8. The Hall–Kier alpha value is -1.88. The number of hydrogen-bond acceptors (Lipinski definition) is 3. The van der Waals surface area contributed by atoms with Crippen molar-refractivity contribution in [1.29, 1.82) is 0 Å². The van der Waals surface area contributed by atoms with E-state index in [2.05, 4.69) is 0 Å². The van der Waals surface area contributed by atoms with Gasteiger partial charge in [0.05, 0.1) is 4.92 Å². The minimum Gasteiger partial charge on any atom is -0.335 e. The van der Waals surface area contributed by atoms with Crippen LogP contribution in [0.1, 0.15) is 23.7 Å². The van der Waals surface area contributed by atoms with Gasteiger partial charge >= 0.3 is 0 Å². The lowest BCUT2D eigenvalue weighted by molar-refractivity contribution is -0.384. The Kier molecular flexibility index (Phi) is 3.85. The van der Waals surface area contributed by atoms with Crippen LogP contribution in [0.4, 0.5) is 5.69 Å². The summed E-state index contributed by atoms with van der Waals surface area (Å²) < 4.78 is 0. The van der Waals surface area contributed by atoms with Crippen LogP contribution >= 0.6 is 11.6 Å². The Morgan fingerprint density at radius 2 is 2.21 bits per heavy atom. The first kappa shape index (κ1) is 13.5. The molecule has 19 heavy (non-hydrogen) atoms. The van der Waals surface area contributed by atoms with Crippen molar-refractivity contribution < 1.29 is 9.72 Å². The molecule has 1 aromatic carbocycles. The number of nitro groups is 1. The van der Waals surface area contributed by atoms with Crippen LogP contribution < -0.4 is 0 Å². The van der Waals surface area contributed by atoms with Gasteiger partial charge in [-0.2, -0.15) is 0 Å². The highest BCUT2D eigenvalue weighted by Crippen LogP contribution is 2.26. The Bertz CT molecular complexity index is 569. The van der Waals surface area contributed by atoms with Crippen molar-refractivity contribution >= 4 is 23.2 Å². The maximum Gasteiger partial charge on any atom is 0.288 e. The van der Waals surface area contributed by atoms with E-state index in [4.69, 9.17) is 11.6 Å². The Labute approximate surface area is 115 Å². The highest BCUT2D eigenvalue weighted by Gasteiger charge is 2.21. The summed E-state index contributed by atoms with van der Waals surface area (Å²) in [7, 11) is 0. The summed E-state index contributed by atoms with van der Waals surface area (Å²) in [5.74, 6) is -0.205. The van der Waals surface area contributed by atoms with E-state index >= 15 is 0 Å². The van der Waals surface area contributed by atoms with Gasteiger partial charge in [0, 0.05) is 24.7 Å². The topological polar surface area (TPSA) is 63.5 Å². The summed E-state index contributed by atoms with van der Waals surface area (Å²) in [6, 6.07) is 4.14. The second-order valence-electron chi connectivity index (χ2n) is 4.47. The Balaban J connectivity index is 2.25. The van der Waals surface area contributed by atoms with E-state index in [-0.39, 0.29) is 16.6 Å². The molecule has 0 aliphatic carbocycles. The van der Waals surface area contributed by atoms with E-state index in [0.29, 0.717) is 18.7 Å². The molecule has 0 atom stereocenters. The SMILES string of the molecule is CC1=CCN(C(=O)c2ccc(Cl)c([N+](=O)[O-])c2)CC1. The molecule has 1 heterocycles. The quantitative estimate of drug-likeness (QED) is 0.475. The van der Waals surface area contributed by atoms with Crippen LogP contribution in [0.2, 0.25) is 5.02 Å². The van der Waals surface area contributed by atoms with Crippen molar-refractivity contribution in [2.75, 3.05) is 13.1 Å². The van der Waals surface area contributed by atoms with Crippen molar-refractivity contribution in [3.05, 3.63) is 50.5 Å². The average Bonchev–Trinajstić information content (AvgIpc) is 2.39. The zero-order valence-electron chi connectivity index (χ0n) is 10.4. The molecule has 0 N–H and O–H groups in total. The first-order chi connectivity index (χ1) is 8.99. The lowest BCUT2D eigenvalue weighted by atomic mass is 10.1. The van der Waals surface area contributed by atoms with Gasteiger partial charge in [-0.05, 0) is 25.5 Å². The van der Waals surface area contributed by atoms with Gasteiger partial charge in [-0.3, -0.25) is 14.9 Å². The predicted molar refractivity (Wildman–Crippen MR) is 72.4 cm³/mol. The number of rotatable bonds is 2. The summed E-state index contributed by atoms with van der Waals surface area (Å²) in [6.45, 7) is 3.20. The number of nitrogens with zero attached hydrogens (tertiary/aromatic N) is 2. The van der Waals surface area contributed by atoms with Crippen LogP contribution in [0, 0.1) is 10.1 Å². The minimum absolute atomic E-state index is 0.0379. The van der Waals surface area contributed by atoms with Crippen molar-refractivity contribution in [2.45, 2.75) is 13.3 Å². The van der Waals surface area contributed by atoms with E-state index in [0.717, 1.165) is 6.42 Å². The fourth-order valence-electron chi connectivity index (χ4n) is 1.92. The third-order valence-electron chi connectivity index (χ3n) is 3.11. The molecule has 100 valence electrons. The second kappa shape index (κ2) is 5.40. The van der Waals surface area contributed by atoms with Crippen LogP contribution in [0.15, 0.2) is 29.8 Å². The molecule has 0 unspecified atom stereocenters. The summed E-state index contributed by atoms with van der Waals surface area (Å²) in [5.41, 5.74) is 1.31. The third kappa shape index (κ3) is 2.93. The van der Waals surface area contributed by atoms with Crippen molar-refractivity contribution in [1.82, 2.24) is 4.90 Å². The molecule has 0 saturated heterocycles. The lowest BCUT2D eigenvalue weighted by Gasteiger charge is -2.25. The monoisotopic (exact) mass is 280 g/mol. The molecule has 0 spiro atoms. The number of carbonyl (C=O) groups is 1. The maximum absolute atomic E-state index is 12.2. The van der Waals surface area contributed by atoms with E-state index in [9.17, 15) is 14.9 Å². The molecule has 1 aliphatic heterocycles. The summed E-state index contributed by atoms with van der Waals surface area (Å²) in [4.78, 5) is 24.1. The van der Waals surface area contributed by atoms with Crippen LogP contribution in [0.5, 0.6) is 0 Å². The molecule has 2 rings (SSSR count). The van der Waals surface area contributed by atoms with Crippen LogP contribution in [-0.4, -0.2) is 28.8 Å². The van der Waals surface area contributed by atoms with Gasteiger partial charge in [0.15, 0.2) is 0 Å². The smallest absolute Gasteiger partial charge is 0.288 e. The molecule has 0 saturated carbocycles. The van der Waals surface area contributed by atoms with E-state index in [1.165, 1.54) is 23.8 Å². The fraction of sp³-hybridized carbons (Fsp3) is 0.308. The van der Waals surface area contributed by atoms with E-state index in [1.807, 2.05) is 13.0 Å². The summed E-state index contributed by atoms with van der Waals surface area (Å²) >= 11 is 5.72. The predicted octanol–water partition coefficient (Wildman–Crippen LogP) is 3.04. The van der Waals surface area contributed by atoms with Gasteiger partial charge in [-0.1, -0.05) is 23.3 Å². The first-order valence-electron chi connectivity index (χ1n) is 5.88. The zero-order chi connectivity index (χ0) is 14.0. The number of benzene rings is 1. The second-order valence-corrected chi connectivity index (χ2v) is 4.88. The largest absolute Gasteiger partial charge is 0.335 e. The third-order valence-corrected chi connectivity index (χ3v) is 3.43. The first-order valence-corrected chi connectivity index (χ1v) is 6.25. The Morgan fingerprint density at radius 1 is 1.47 bits per heavy atom. The highest BCUT2D eigenvalue weighted by molar-refractivity contribution is 6.32. The molecule has 5 nitrogen and oxygen atoms in total. The standard InChI is InChI=1S/C13H13ClN2O3/c1-9-4-6-15(7-5-9)13(17)10-2-3-11(14)12(8-10)16(18)19/h2-4,8H,5-7H2,1H3. The summed E-state index contributed by atoms with van der Waals surface area (Å²) in [6.07, 6.45) is 2.83. The molecule has 6 heteroatoms. The van der Waals surface area contributed by atoms with E-state index < -0.39 is 4.92 Å². The van der Waals surface area contributed by atoms with Crippen LogP contribution in [0.25, 0.3) is 0 Å². The van der Waals surface area contributed by atoms with Crippen molar-refractivity contribution in [3.63, 3.8) is 0 Å². The van der Waals surface area contributed by atoms with Gasteiger partial charge in [-0.25, -0.2) is 0 Å².